The normalized spacial score (nSPS) is 15.7. The number of benzene rings is 1. The highest BCUT2D eigenvalue weighted by molar-refractivity contribution is 14.0. The highest BCUT2D eigenvalue weighted by Gasteiger charge is 2.41. The molecule has 1 saturated carbocycles. The summed E-state index contributed by atoms with van der Waals surface area (Å²) in [6.07, 6.45) is 2.93. The van der Waals surface area contributed by atoms with Gasteiger partial charge in [0.1, 0.15) is 5.82 Å². The Morgan fingerprint density at radius 3 is 2.65 bits per heavy atom. The van der Waals surface area contributed by atoms with E-state index in [2.05, 4.69) is 15.6 Å². The molecule has 0 saturated heterocycles. The van der Waals surface area contributed by atoms with Crippen LogP contribution in [0.3, 0.4) is 0 Å². The van der Waals surface area contributed by atoms with Crippen molar-refractivity contribution in [3.8, 4) is 0 Å². The van der Waals surface area contributed by atoms with Crippen LogP contribution in [0.1, 0.15) is 30.9 Å². The molecule has 0 amide bonds. The van der Waals surface area contributed by atoms with Gasteiger partial charge in [0.2, 0.25) is 0 Å². The summed E-state index contributed by atoms with van der Waals surface area (Å²) in [6, 6.07) is 4.90. The average Bonchev–Trinajstić information content (AvgIpc) is 3.27. The molecule has 1 aromatic carbocycles. The molecule has 0 unspecified atom stereocenters. The number of hydrogen-bond acceptors (Lipinski definition) is 2. The van der Waals surface area contributed by atoms with E-state index in [1.54, 1.807) is 6.07 Å². The quantitative estimate of drug-likeness (QED) is 0.351. The molecule has 3 N–H and O–H groups in total. The van der Waals surface area contributed by atoms with Gasteiger partial charge < -0.3 is 15.7 Å². The number of nitrogens with zero attached hydrogens (tertiary/aromatic N) is 1. The molecule has 2 rings (SSSR count). The van der Waals surface area contributed by atoms with Gasteiger partial charge in [-0.2, -0.15) is 0 Å². The number of guanidine groups is 1. The SMILES string of the molecule is CCNC(=NCC1(CO)CC1)NCCc1ccc(F)cc1C.I. The van der Waals surface area contributed by atoms with E-state index in [9.17, 15) is 9.50 Å². The Balaban J connectivity index is 0.00000264. The molecule has 0 bridgehead atoms. The van der Waals surface area contributed by atoms with Crippen LogP contribution in [0, 0.1) is 18.2 Å². The van der Waals surface area contributed by atoms with Gasteiger partial charge in [-0.3, -0.25) is 4.99 Å². The van der Waals surface area contributed by atoms with E-state index in [1.807, 2.05) is 19.9 Å². The fraction of sp³-hybridized carbons (Fsp3) is 0.588. The molecule has 6 heteroatoms. The van der Waals surface area contributed by atoms with Crippen molar-refractivity contribution in [3.05, 3.63) is 35.1 Å². The highest BCUT2D eigenvalue weighted by Crippen LogP contribution is 2.45. The number of aliphatic hydroxyl groups excluding tert-OH is 1. The van der Waals surface area contributed by atoms with Crippen molar-refractivity contribution in [1.82, 2.24) is 10.6 Å². The third-order valence-electron chi connectivity index (χ3n) is 4.20. The molecule has 0 atom stereocenters. The van der Waals surface area contributed by atoms with E-state index in [-0.39, 0.29) is 41.8 Å². The second kappa shape index (κ2) is 9.42. The fourth-order valence-electron chi connectivity index (χ4n) is 2.39. The molecular weight excluding hydrogens is 408 g/mol. The Kier molecular flexibility index (Phi) is 8.25. The third kappa shape index (κ3) is 6.25. The van der Waals surface area contributed by atoms with Crippen LogP contribution in [0.2, 0.25) is 0 Å². The summed E-state index contributed by atoms with van der Waals surface area (Å²) in [7, 11) is 0. The van der Waals surface area contributed by atoms with E-state index >= 15 is 0 Å². The standard InChI is InChI=1S/C17H26FN3O.HI/c1-3-19-16(21-11-17(12-22)7-8-17)20-9-6-14-4-5-15(18)10-13(14)2;/h4-5,10,22H,3,6-9,11-12H2,1-2H3,(H2,19,20,21);1H. The Hall–Kier alpha value is -0.890. The lowest BCUT2D eigenvalue weighted by molar-refractivity contribution is 0.217. The van der Waals surface area contributed by atoms with Gasteiger partial charge in [-0.25, -0.2) is 4.39 Å². The predicted octanol–water partition coefficient (Wildman–Crippen LogP) is 2.62. The average molecular weight is 435 g/mol. The summed E-state index contributed by atoms with van der Waals surface area (Å²) in [4.78, 5) is 4.56. The van der Waals surface area contributed by atoms with Gasteiger partial charge in [-0.05, 0) is 56.4 Å². The van der Waals surface area contributed by atoms with Gasteiger partial charge in [-0.1, -0.05) is 6.07 Å². The molecule has 1 fully saturated rings. The second-order valence-corrected chi connectivity index (χ2v) is 6.10. The van der Waals surface area contributed by atoms with Crippen LogP contribution >= 0.6 is 24.0 Å². The first-order valence-electron chi connectivity index (χ1n) is 7.97. The Morgan fingerprint density at radius 2 is 2.09 bits per heavy atom. The van der Waals surface area contributed by atoms with E-state index in [0.717, 1.165) is 49.4 Å². The molecule has 23 heavy (non-hydrogen) atoms. The lowest BCUT2D eigenvalue weighted by atomic mass is 10.1. The Labute approximate surface area is 155 Å². The maximum absolute atomic E-state index is 13.1. The molecule has 0 heterocycles. The number of hydrogen-bond donors (Lipinski definition) is 3. The molecule has 1 aliphatic carbocycles. The van der Waals surface area contributed by atoms with Crippen LogP contribution in [0.5, 0.6) is 0 Å². The first-order chi connectivity index (χ1) is 10.6. The van der Waals surface area contributed by atoms with Crippen LogP contribution in [-0.4, -0.2) is 37.3 Å². The van der Waals surface area contributed by atoms with Gasteiger partial charge in [0, 0.05) is 18.5 Å². The minimum Gasteiger partial charge on any atom is -0.396 e. The minimum absolute atomic E-state index is 0. The molecule has 4 nitrogen and oxygen atoms in total. The first kappa shape index (κ1) is 20.2. The van der Waals surface area contributed by atoms with E-state index in [4.69, 9.17) is 0 Å². The number of nitrogens with one attached hydrogen (secondary N) is 2. The fourth-order valence-corrected chi connectivity index (χ4v) is 2.39. The number of halogens is 2. The maximum Gasteiger partial charge on any atom is 0.191 e. The van der Waals surface area contributed by atoms with E-state index in [1.165, 1.54) is 6.07 Å². The molecule has 0 aromatic heterocycles. The Bertz CT molecular complexity index is 533. The Morgan fingerprint density at radius 1 is 1.35 bits per heavy atom. The number of aliphatic imine (C=N–C) groups is 1. The van der Waals surface area contributed by atoms with E-state index < -0.39 is 0 Å². The van der Waals surface area contributed by atoms with Crippen molar-refractivity contribution >= 4 is 29.9 Å². The number of aryl methyl sites for hydroxylation is 1. The van der Waals surface area contributed by atoms with Crippen LogP contribution in [-0.2, 0) is 6.42 Å². The molecule has 0 spiro atoms. The molecule has 130 valence electrons. The highest BCUT2D eigenvalue weighted by atomic mass is 127. The predicted molar refractivity (Wildman–Crippen MR) is 103 cm³/mol. The molecule has 1 aromatic rings. The number of rotatable bonds is 7. The maximum atomic E-state index is 13.1. The lowest BCUT2D eigenvalue weighted by Gasteiger charge is -2.14. The van der Waals surface area contributed by atoms with Gasteiger partial charge in [-0.15, -0.1) is 24.0 Å². The lowest BCUT2D eigenvalue weighted by Crippen LogP contribution is -2.39. The summed E-state index contributed by atoms with van der Waals surface area (Å²) >= 11 is 0. The molecule has 1 aliphatic rings. The summed E-state index contributed by atoms with van der Waals surface area (Å²) < 4.78 is 13.1. The van der Waals surface area contributed by atoms with Crippen molar-refractivity contribution in [2.75, 3.05) is 26.2 Å². The first-order valence-corrected chi connectivity index (χ1v) is 7.97. The summed E-state index contributed by atoms with van der Waals surface area (Å²) in [5.74, 6) is 0.588. The largest absolute Gasteiger partial charge is 0.396 e. The van der Waals surface area contributed by atoms with Gasteiger partial charge in [0.25, 0.3) is 0 Å². The van der Waals surface area contributed by atoms with Crippen LogP contribution in [0.15, 0.2) is 23.2 Å². The zero-order chi connectivity index (χ0) is 16.0. The van der Waals surface area contributed by atoms with Crippen molar-refractivity contribution in [3.63, 3.8) is 0 Å². The smallest absolute Gasteiger partial charge is 0.191 e. The van der Waals surface area contributed by atoms with Crippen LogP contribution in [0.4, 0.5) is 4.39 Å². The van der Waals surface area contributed by atoms with Crippen LogP contribution < -0.4 is 10.6 Å². The van der Waals surface area contributed by atoms with Gasteiger partial charge in [0.15, 0.2) is 5.96 Å². The molecule has 0 aliphatic heterocycles. The molecular formula is C17H27FIN3O. The van der Waals surface area contributed by atoms with Gasteiger partial charge >= 0.3 is 0 Å². The van der Waals surface area contributed by atoms with Crippen molar-refractivity contribution < 1.29 is 9.50 Å². The van der Waals surface area contributed by atoms with Crippen molar-refractivity contribution in [1.29, 1.82) is 0 Å². The summed E-state index contributed by atoms with van der Waals surface area (Å²) in [5, 5.41) is 15.8. The van der Waals surface area contributed by atoms with Crippen molar-refractivity contribution in [2.24, 2.45) is 10.4 Å². The monoisotopic (exact) mass is 435 g/mol. The second-order valence-electron chi connectivity index (χ2n) is 6.10. The number of aliphatic hydroxyl groups is 1. The zero-order valence-electron chi connectivity index (χ0n) is 13.9. The molecule has 0 radical (unpaired) electrons. The summed E-state index contributed by atoms with van der Waals surface area (Å²) in [6.45, 7) is 6.37. The summed E-state index contributed by atoms with van der Waals surface area (Å²) in [5.41, 5.74) is 2.13. The van der Waals surface area contributed by atoms with E-state index in [0.29, 0.717) is 6.54 Å². The van der Waals surface area contributed by atoms with Crippen LogP contribution in [0.25, 0.3) is 0 Å². The zero-order valence-corrected chi connectivity index (χ0v) is 16.2. The van der Waals surface area contributed by atoms with Gasteiger partial charge in [0.05, 0.1) is 13.2 Å². The topological polar surface area (TPSA) is 56.7 Å². The minimum atomic E-state index is -0.192. The third-order valence-corrected chi connectivity index (χ3v) is 4.20. The van der Waals surface area contributed by atoms with Crippen molar-refractivity contribution in [2.45, 2.75) is 33.1 Å².